The molecule has 0 aliphatic carbocycles. The highest BCUT2D eigenvalue weighted by Crippen LogP contribution is 2.20. The lowest BCUT2D eigenvalue weighted by molar-refractivity contribution is -0.153. The minimum atomic E-state index is -0.485. The molecular weight excluding hydrogens is 160 g/mol. The number of rotatable bonds is 3. The van der Waals surface area contributed by atoms with E-state index in [0.717, 1.165) is 0 Å². The summed E-state index contributed by atoms with van der Waals surface area (Å²) in [6.45, 7) is 1.46. The molecule has 1 aliphatic heterocycles. The van der Waals surface area contributed by atoms with Gasteiger partial charge in [0.1, 0.15) is 5.78 Å². The molecule has 66 valence electrons. The Kier molecular flexibility index (Phi) is 2.58. The zero-order chi connectivity index (χ0) is 9.14. The SMILES string of the molecule is CC(=O)CCC1CC(=O)OC1=O. The molecule has 0 bridgehead atoms. The van der Waals surface area contributed by atoms with Crippen molar-refractivity contribution in [2.24, 2.45) is 5.92 Å². The monoisotopic (exact) mass is 170 g/mol. The number of Topliss-reactive ketones (excluding diaryl/α,β-unsaturated/α-hetero) is 1. The molecule has 0 radical (unpaired) electrons. The van der Waals surface area contributed by atoms with Gasteiger partial charge in [-0.15, -0.1) is 0 Å². The fourth-order valence-corrected chi connectivity index (χ4v) is 1.12. The molecule has 4 nitrogen and oxygen atoms in total. The second-order valence-electron chi connectivity index (χ2n) is 2.93. The zero-order valence-electron chi connectivity index (χ0n) is 6.83. The molecule has 0 amide bonds. The van der Waals surface area contributed by atoms with Gasteiger partial charge in [-0.2, -0.15) is 0 Å². The van der Waals surface area contributed by atoms with Crippen LogP contribution in [0.3, 0.4) is 0 Å². The molecule has 1 fully saturated rings. The topological polar surface area (TPSA) is 60.4 Å². The first-order valence-electron chi connectivity index (χ1n) is 3.83. The second kappa shape index (κ2) is 3.47. The van der Waals surface area contributed by atoms with Crippen LogP contribution in [0.2, 0.25) is 0 Å². The summed E-state index contributed by atoms with van der Waals surface area (Å²) in [7, 11) is 0. The Bertz CT molecular complexity index is 231. The van der Waals surface area contributed by atoms with E-state index in [4.69, 9.17) is 0 Å². The normalized spacial score (nSPS) is 22.6. The van der Waals surface area contributed by atoms with Crippen molar-refractivity contribution in [1.29, 1.82) is 0 Å². The van der Waals surface area contributed by atoms with E-state index >= 15 is 0 Å². The van der Waals surface area contributed by atoms with Gasteiger partial charge < -0.3 is 9.53 Å². The Hall–Kier alpha value is -1.19. The molecule has 0 N–H and O–H groups in total. The number of hydrogen-bond acceptors (Lipinski definition) is 4. The van der Waals surface area contributed by atoms with Crippen molar-refractivity contribution in [3.63, 3.8) is 0 Å². The first-order chi connectivity index (χ1) is 5.59. The maximum atomic E-state index is 10.8. The standard InChI is InChI=1S/C8H10O4/c1-5(9)2-3-6-4-7(10)12-8(6)11/h6H,2-4H2,1H3. The quantitative estimate of drug-likeness (QED) is 0.455. The molecule has 1 heterocycles. The molecule has 0 aromatic rings. The van der Waals surface area contributed by atoms with Crippen LogP contribution in [0, 0.1) is 5.92 Å². The fraction of sp³-hybridized carbons (Fsp3) is 0.625. The summed E-state index contributed by atoms with van der Waals surface area (Å²) in [5.41, 5.74) is 0. The first-order valence-corrected chi connectivity index (χ1v) is 3.83. The number of cyclic esters (lactones) is 2. The number of esters is 2. The predicted octanol–water partition coefficient (Wildman–Crippen LogP) is 0.445. The summed E-state index contributed by atoms with van der Waals surface area (Å²) in [4.78, 5) is 32.0. The number of carbonyl (C=O) groups is 3. The molecule has 12 heavy (non-hydrogen) atoms. The second-order valence-corrected chi connectivity index (χ2v) is 2.93. The lowest BCUT2D eigenvalue weighted by Gasteiger charge is -1.99. The Balaban J connectivity index is 2.38. The third-order valence-electron chi connectivity index (χ3n) is 1.81. The van der Waals surface area contributed by atoms with Crippen LogP contribution < -0.4 is 0 Å². The van der Waals surface area contributed by atoms with E-state index in [1.165, 1.54) is 6.92 Å². The van der Waals surface area contributed by atoms with Crippen molar-refractivity contribution < 1.29 is 19.1 Å². The van der Waals surface area contributed by atoms with Crippen molar-refractivity contribution in [3.8, 4) is 0 Å². The minimum absolute atomic E-state index is 0.0298. The molecule has 1 aliphatic rings. The van der Waals surface area contributed by atoms with Gasteiger partial charge >= 0.3 is 11.9 Å². The predicted molar refractivity (Wildman–Crippen MR) is 39.1 cm³/mol. The number of hydrogen-bond donors (Lipinski definition) is 0. The molecule has 0 aromatic carbocycles. The molecule has 0 aromatic heterocycles. The van der Waals surface area contributed by atoms with Crippen molar-refractivity contribution in [1.82, 2.24) is 0 Å². The lowest BCUT2D eigenvalue weighted by Crippen LogP contribution is -2.08. The van der Waals surface area contributed by atoms with Gasteiger partial charge in [0.05, 0.1) is 12.3 Å². The van der Waals surface area contributed by atoms with Gasteiger partial charge in [-0.3, -0.25) is 9.59 Å². The molecule has 0 saturated carbocycles. The average Bonchev–Trinajstić information content (AvgIpc) is 2.26. The van der Waals surface area contributed by atoms with Gasteiger partial charge in [0.15, 0.2) is 0 Å². The summed E-state index contributed by atoms with van der Waals surface area (Å²) in [5.74, 6) is -1.32. The van der Waals surface area contributed by atoms with Crippen LogP contribution in [0.5, 0.6) is 0 Å². The highest BCUT2D eigenvalue weighted by atomic mass is 16.6. The van der Waals surface area contributed by atoms with Gasteiger partial charge in [-0.1, -0.05) is 0 Å². The molecule has 1 unspecified atom stereocenters. The van der Waals surface area contributed by atoms with E-state index in [0.29, 0.717) is 12.8 Å². The van der Waals surface area contributed by atoms with E-state index in [1.54, 1.807) is 0 Å². The van der Waals surface area contributed by atoms with Gasteiger partial charge in [0.25, 0.3) is 0 Å². The Labute approximate surface area is 69.9 Å². The first kappa shape index (κ1) is 8.90. The lowest BCUT2D eigenvalue weighted by atomic mass is 10.0. The average molecular weight is 170 g/mol. The van der Waals surface area contributed by atoms with Crippen LogP contribution in [-0.4, -0.2) is 17.7 Å². The molecule has 1 saturated heterocycles. The van der Waals surface area contributed by atoms with Gasteiger partial charge in [0, 0.05) is 6.42 Å². The molecule has 1 atom stereocenters. The highest BCUT2D eigenvalue weighted by Gasteiger charge is 2.32. The van der Waals surface area contributed by atoms with Crippen LogP contribution in [0.15, 0.2) is 0 Å². The van der Waals surface area contributed by atoms with E-state index in [2.05, 4.69) is 4.74 Å². The minimum Gasteiger partial charge on any atom is -0.393 e. The smallest absolute Gasteiger partial charge is 0.317 e. The van der Waals surface area contributed by atoms with Crippen LogP contribution in [0.4, 0.5) is 0 Å². The number of carbonyl (C=O) groups excluding carboxylic acids is 3. The Morgan fingerprint density at radius 3 is 2.67 bits per heavy atom. The third kappa shape index (κ3) is 2.15. The van der Waals surface area contributed by atoms with Crippen molar-refractivity contribution in [2.75, 3.05) is 0 Å². The highest BCUT2D eigenvalue weighted by molar-refractivity contribution is 5.94. The summed E-state index contributed by atoms with van der Waals surface area (Å²) >= 11 is 0. The molecular formula is C8H10O4. The summed E-state index contributed by atoms with van der Waals surface area (Å²) < 4.78 is 4.32. The molecule has 1 rings (SSSR count). The molecule has 0 spiro atoms. The summed E-state index contributed by atoms with van der Waals surface area (Å²) in [6, 6.07) is 0. The van der Waals surface area contributed by atoms with Crippen molar-refractivity contribution in [3.05, 3.63) is 0 Å². The van der Waals surface area contributed by atoms with Gasteiger partial charge in [0.2, 0.25) is 0 Å². The van der Waals surface area contributed by atoms with Crippen LogP contribution in [0.25, 0.3) is 0 Å². The maximum Gasteiger partial charge on any atom is 0.317 e. The van der Waals surface area contributed by atoms with E-state index < -0.39 is 11.9 Å². The number of ether oxygens (including phenoxy) is 1. The maximum absolute atomic E-state index is 10.8. The Morgan fingerprint density at radius 2 is 2.25 bits per heavy atom. The third-order valence-corrected chi connectivity index (χ3v) is 1.81. The number of ketones is 1. The summed E-state index contributed by atoms with van der Waals surface area (Å²) in [5, 5.41) is 0. The van der Waals surface area contributed by atoms with Gasteiger partial charge in [-0.25, -0.2) is 0 Å². The Morgan fingerprint density at radius 1 is 1.58 bits per heavy atom. The zero-order valence-corrected chi connectivity index (χ0v) is 6.83. The summed E-state index contributed by atoms with van der Waals surface area (Å²) in [6.07, 6.45) is 0.902. The van der Waals surface area contributed by atoms with Gasteiger partial charge in [-0.05, 0) is 13.3 Å². The van der Waals surface area contributed by atoms with E-state index in [9.17, 15) is 14.4 Å². The van der Waals surface area contributed by atoms with Crippen molar-refractivity contribution >= 4 is 17.7 Å². The largest absolute Gasteiger partial charge is 0.393 e. The van der Waals surface area contributed by atoms with Crippen LogP contribution in [-0.2, 0) is 19.1 Å². The van der Waals surface area contributed by atoms with Crippen LogP contribution in [0.1, 0.15) is 26.2 Å². The van der Waals surface area contributed by atoms with Crippen LogP contribution >= 0.6 is 0 Å². The fourth-order valence-electron chi connectivity index (χ4n) is 1.12. The molecule has 4 heteroatoms. The van der Waals surface area contributed by atoms with E-state index in [1.807, 2.05) is 0 Å². The van der Waals surface area contributed by atoms with Crippen molar-refractivity contribution in [2.45, 2.75) is 26.2 Å². The van der Waals surface area contributed by atoms with E-state index in [-0.39, 0.29) is 18.1 Å².